The Morgan fingerprint density at radius 2 is 2.22 bits per heavy atom. The van der Waals surface area contributed by atoms with Crippen LogP contribution in [0.15, 0.2) is 0 Å². The molecular formula is C6H14O3. The van der Waals surface area contributed by atoms with Gasteiger partial charge in [0, 0.05) is 6.61 Å². The second kappa shape index (κ2) is 6.01. The summed E-state index contributed by atoms with van der Waals surface area (Å²) in [6.07, 6.45) is 0.991. The second-order valence-corrected chi connectivity index (χ2v) is 1.98. The van der Waals surface area contributed by atoms with Gasteiger partial charge < -0.3 is 4.74 Å². The van der Waals surface area contributed by atoms with E-state index in [1.807, 2.05) is 13.8 Å². The average Bonchev–Trinajstić information content (AvgIpc) is 1.85. The maximum Gasteiger partial charge on any atom is 0.108 e. The summed E-state index contributed by atoms with van der Waals surface area (Å²) < 4.78 is 5.15. The van der Waals surface area contributed by atoms with Crippen molar-refractivity contribution >= 4 is 0 Å². The second-order valence-electron chi connectivity index (χ2n) is 1.98. The molecule has 0 aliphatic heterocycles. The van der Waals surface area contributed by atoms with Crippen molar-refractivity contribution < 1.29 is 14.9 Å². The number of ether oxygens (including phenoxy) is 1. The topological polar surface area (TPSA) is 38.7 Å². The first-order valence-electron chi connectivity index (χ1n) is 3.19. The van der Waals surface area contributed by atoms with Crippen LogP contribution in [0, 0.1) is 0 Å². The van der Waals surface area contributed by atoms with Crippen LogP contribution >= 0.6 is 0 Å². The van der Waals surface area contributed by atoms with Crippen molar-refractivity contribution in [3.8, 4) is 0 Å². The summed E-state index contributed by atoms with van der Waals surface area (Å²) in [7, 11) is 0. The third-order valence-corrected chi connectivity index (χ3v) is 0.916. The van der Waals surface area contributed by atoms with Crippen LogP contribution < -0.4 is 0 Å². The van der Waals surface area contributed by atoms with Gasteiger partial charge in [-0.15, -0.1) is 0 Å². The van der Waals surface area contributed by atoms with E-state index in [0.29, 0.717) is 0 Å². The zero-order chi connectivity index (χ0) is 7.11. The van der Waals surface area contributed by atoms with E-state index < -0.39 is 0 Å². The Hall–Kier alpha value is -0.120. The van der Waals surface area contributed by atoms with Gasteiger partial charge >= 0.3 is 0 Å². The van der Waals surface area contributed by atoms with E-state index in [2.05, 4.69) is 4.89 Å². The van der Waals surface area contributed by atoms with Gasteiger partial charge in [0.1, 0.15) is 6.61 Å². The molecular weight excluding hydrogens is 120 g/mol. The molecule has 9 heavy (non-hydrogen) atoms. The molecule has 3 heteroatoms. The summed E-state index contributed by atoms with van der Waals surface area (Å²) in [6, 6.07) is 0. The predicted molar refractivity (Wildman–Crippen MR) is 34.3 cm³/mol. The fourth-order valence-corrected chi connectivity index (χ4v) is 0.472. The first-order chi connectivity index (χ1) is 4.31. The molecule has 1 atom stereocenters. The minimum absolute atomic E-state index is 0.00468. The average molecular weight is 134 g/mol. The van der Waals surface area contributed by atoms with Gasteiger partial charge in [-0.1, -0.05) is 6.92 Å². The summed E-state index contributed by atoms with van der Waals surface area (Å²) >= 11 is 0. The van der Waals surface area contributed by atoms with Crippen molar-refractivity contribution in [2.45, 2.75) is 26.4 Å². The highest BCUT2D eigenvalue weighted by Crippen LogP contribution is 1.91. The summed E-state index contributed by atoms with van der Waals surface area (Å²) in [5.41, 5.74) is 0. The maximum absolute atomic E-state index is 7.96. The van der Waals surface area contributed by atoms with Crippen LogP contribution in [-0.2, 0) is 9.62 Å². The molecule has 0 saturated heterocycles. The summed E-state index contributed by atoms with van der Waals surface area (Å²) in [5.74, 6) is 0. The van der Waals surface area contributed by atoms with Crippen molar-refractivity contribution in [2.24, 2.45) is 0 Å². The molecule has 0 heterocycles. The molecule has 0 saturated carbocycles. The minimum atomic E-state index is -0.00468. The van der Waals surface area contributed by atoms with Crippen LogP contribution in [-0.4, -0.2) is 24.6 Å². The Bertz CT molecular complexity index is 56.3. The van der Waals surface area contributed by atoms with Crippen molar-refractivity contribution in [3.63, 3.8) is 0 Å². The Balaban J connectivity index is 2.95. The Kier molecular flexibility index (Phi) is 5.93. The molecule has 0 amide bonds. The van der Waals surface area contributed by atoms with Gasteiger partial charge in [0.2, 0.25) is 0 Å². The number of hydrogen-bond acceptors (Lipinski definition) is 3. The van der Waals surface area contributed by atoms with Crippen LogP contribution in [0.1, 0.15) is 20.3 Å². The van der Waals surface area contributed by atoms with Gasteiger partial charge in [0.25, 0.3) is 0 Å². The molecule has 1 N–H and O–H groups in total. The first kappa shape index (κ1) is 8.88. The van der Waals surface area contributed by atoms with E-state index in [-0.39, 0.29) is 12.7 Å². The van der Waals surface area contributed by atoms with E-state index in [4.69, 9.17) is 9.99 Å². The molecule has 0 rings (SSSR count). The third kappa shape index (κ3) is 5.76. The Morgan fingerprint density at radius 3 is 2.67 bits per heavy atom. The van der Waals surface area contributed by atoms with Gasteiger partial charge in [-0.25, -0.2) is 4.89 Å². The molecule has 1 unspecified atom stereocenters. The van der Waals surface area contributed by atoms with Crippen LogP contribution in [0.2, 0.25) is 0 Å². The van der Waals surface area contributed by atoms with E-state index >= 15 is 0 Å². The van der Waals surface area contributed by atoms with Gasteiger partial charge in [-0.3, -0.25) is 5.26 Å². The van der Waals surface area contributed by atoms with Crippen molar-refractivity contribution in [1.82, 2.24) is 0 Å². The van der Waals surface area contributed by atoms with Crippen LogP contribution in [0.25, 0.3) is 0 Å². The molecule has 0 aromatic heterocycles. The maximum atomic E-state index is 7.96. The van der Waals surface area contributed by atoms with Crippen LogP contribution in [0.4, 0.5) is 0 Å². The van der Waals surface area contributed by atoms with Gasteiger partial charge in [0.05, 0.1) is 6.10 Å². The molecule has 0 aromatic rings. The Labute approximate surface area is 55.5 Å². The molecule has 0 radical (unpaired) electrons. The summed E-state index contributed by atoms with van der Waals surface area (Å²) in [6.45, 7) is 4.86. The fraction of sp³-hybridized carbons (Fsp3) is 1.00. The van der Waals surface area contributed by atoms with E-state index in [1.165, 1.54) is 0 Å². The lowest BCUT2D eigenvalue weighted by Gasteiger charge is -2.08. The monoisotopic (exact) mass is 134 g/mol. The molecule has 0 aromatic carbocycles. The zero-order valence-electron chi connectivity index (χ0n) is 5.96. The molecule has 0 spiro atoms. The quantitative estimate of drug-likeness (QED) is 0.455. The van der Waals surface area contributed by atoms with E-state index in [0.717, 1.165) is 13.0 Å². The molecule has 0 fully saturated rings. The zero-order valence-corrected chi connectivity index (χ0v) is 5.96. The SMILES string of the molecule is CCCOC(C)COO. The van der Waals surface area contributed by atoms with Gasteiger partial charge in [-0.2, -0.15) is 0 Å². The Morgan fingerprint density at radius 1 is 1.56 bits per heavy atom. The molecule has 0 bridgehead atoms. The molecule has 0 aliphatic rings. The van der Waals surface area contributed by atoms with Crippen molar-refractivity contribution in [2.75, 3.05) is 13.2 Å². The van der Waals surface area contributed by atoms with Crippen LogP contribution in [0.3, 0.4) is 0 Å². The van der Waals surface area contributed by atoms with Crippen molar-refractivity contribution in [1.29, 1.82) is 0 Å². The third-order valence-electron chi connectivity index (χ3n) is 0.916. The molecule has 56 valence electrons. The highest BCUT2D eigenvalue weighted by molar-refractivity contribution is 4.43. The summed E-state index contributed by atoms with van der Waals surface area (Å²) in [5, 5.41) is 7.96. The normalized spacial score (nSPS) is 13.7. The highest BCUT2D eigenvalue weighted by Gasteiger charge is 1.98. The molecule has 0 aliphatic carbocycles. The van der Waals surface area contributed by atoms with E-state index in [9.17, 15) is 0 Å². The molecule has 3 nitrogen and oxygen atoms in total. The predicted octanol–water partition coefficient (Wildman–Crippen LogP) is 1.29. The smallest absolute Gasteiger partial charge is 0.108 e. The minimum Gasteiger partial charge on any atom is -0.376 e. The van der Waals surface area contributed by atoms with E-state index in [1.54, 1.807) is 0 Å². The number of rotatable bonds is 5. The van der Waals surface area contributed by atoms with Gasteiger partial charge in [-0.05, 0) is 13.3 Å². The lowest BCUT2D eigenvalue weighted by atomic mass is 10.4. The fourth-order valence-electron chi connectivity index (χ4n) is 0.472. The largest absolute Gasteiger partial charge is 0.376 e. The first-order valence-corrected chi connectivity index (χ1v) is 3.19. The van der Waals surface area contributed by atoms with Crippen LogP contribution in [0.5, 0.6) is 0 Å². The number of hydrogen-bond donors (Lipinski definition) is 1. The lowest BCUT2D eigenvalue weighted by Crippen LogP contribution is -2.15. The van der Waals surface area contributed by atoms with Crippen molar-refractivity contribution in [3.05, 3.63) is 0 Å². The highest BCUT2D eigenvalue weighted by atomic mass is 17.1. The lowest BCUT2D eigenvalue weighted by molar-refractivity contribution is -0.258. The standard InChI is InChI=1S/C6H14O3/c1-3-4-8-6(2)5-9-7/h6-7H,3-5H2,1-2H3. The van der Waals surface area contributed by atoms with Gasteiger partial charge in [0.15, 0.2) is 0 Å². The summed E-state index contributed by atoms with van der Waals surface area (Å²) in [4.78, 5) is 3.88.